The van der Waals surface area contributed by atoms with Crippen LogP contribution in [-0.4, -0.2) is 31.7 Å². The maximum atomic E-state index is 13.9. The summed E-state index contributed by atoms with van der Waals surface area (Å²) in [5.74, 6) is -1.68. The van der Waals surface area contributed by atoms with Crippen molar-refractivity contribution in [3.63, 3.8) is 0 Å². The van der Waals surface area contributed by atoms with Crippen LogP contribution in [0.25, 0.3) is 0 Å². The summed E-state index contributed by atoms with van der Waals surface area (Å²) >= 11 is 0. The number of hydrogen-bond donors (Lipinski definition) is 1. The lowest BCUT2D eigenvalue weighted by Gasteiger charge is -2.31. The van der Waals surface area contributed by atoms with Gasteiger partial charge in [0.15, 0.2) is 0 Å². The van der Waals surface area contributed by atoms with Crippen molar-refractivity contribution in [3.8, 4) is 0 Å². The average Bonchev–Trinajstić information content (AvgIpc) is 2.73. The highest BCUT2D eigenvalue weighted by molar-refractivity contribution is 7.89. The Morgan fingerprint density at radius 2 is 1.65 bits per heavy atom. The summed E-state index contributed by atoms with van der Waals surface area (Å²) < 4.78 is 54.3. The third kappa shape index (κ3) is 5.30. The Balaban J connectivity index is 1.59. The molecule has 1 aliphatic heterocycles. The monoisotopic (exact) mass is 450 g/mol. The predicted octanol–water partition coefficient (Wildman–Crippen LogP) is 4.37. The molecule has 1 saturated heterocycles. The number of amides is 1. The molecule has 1 aliphatic rings. The number of benzene rings is 2. The Kier molecular flexibility index (Phi) is 7.11. The van der Waals surface area contributed by atoms with Crippen LogP contribution in [0.4, 0.5) is 8.78 Å². The molecule has 168 valence electrons. The maximum Gasteiger partial charge on any atom is 0.243 e. The first-order chi connectivity index (χ1) is 14.6. The molecule has 3 rings (SSSR count). The molecule has 0 saturated carbocycles. The molecule has 0 spiro atoms. The molecule has 1 amide bonds. The van der Waals surface area contributed by atoms with Crippen LogP contribution in [-0.2, 0) is 14.8 Å². The minimum Gasteiger partial charge on any atom is -0.349 e. The van der Waals surface area contributed by atoms with Crippen molar-refractivity contribution in [1.29, 1.82) is 0 Å². The molecular formula is C23H28F2N2O3S. The summed E-state index contributed by atoms with van der Waals surface area (Å²) in [6, 6.07) is 9.55. The van der Waals surface area contributed by atoms with E-state index in [0.717, 1.165) is 17.7 Å². The number of halogens is 2. The number of piperidine rings is 1. The van der Waals surface area contributed by atoms with E-state index in [0.29, 0.717) is 18.8 Å². The molecule has 1 heterocycles. The largest absolute Gasteiger partial charge is 0.349 e. The van der Waals surface area contributed by atoms with Gasteiger partial charge in [0.1, 0.15) is 11.6 Å². The summed E-state index contributed by atoms with van der Waals surface area (Å²) in [4.78, 5) is 12.9. The van der Waals surface area contributed by atoms with Crippen LogP contribution in [0.5, 0.6) is 0 Å². The zero-order valence-electron chi connectivity index (χ0n) is 17.9. The molecule has 0 radical (unpaired) electrons. The van der Waals surface area contributed by atoms with Crippen LogP contribution in [0, 0.1) is 17.6 Å². The fourth-order valence-electron chi connectivity index (χ4n) is 3.79. The highest BCUT2D eigenvalue weighted by Crippen LogP contribution is 2.26. The van der Waals surface area contributed by atoms with Gasteiger partial charge in [-0.15, -0.1) is 0 Å². The van der Waals surface area contributed by atoms with Crippen molar-refractivity contribution in [3.05, 3.63) is 65.2 Å². The van der Waals surface area contributed by atoms with Crippen LogP contribution < -0.4 is 5.32 Å². The van der Waals surface area contributed by atoms with Gasteiger partial charge in [-0.3, -0.25) is 4.79 Å². The van der Waals surface area contributed by atoms with Crippen LogP contribution in [0.15, 0.2) is 47.4 Å². The number of hydrogen-bond acceptors (Lipinski definition) is 3. The molecule has 1 atom stereocenters. The van der Waals surface area contributed by atoms with Crippen LogP contribution in [0.2, 0.25) is 0 Å². The number of nitrogens with one attached hydrogen (secondary N) is 1. The van der Waals surface area contributed by atoms with Crippen molar-refractivity contribution in [1.82, 2.24) is 9.62 Å². The molecule has 1 unspecified atom stereocenters. The molecule has 8 heteroatoms. The van der Waals surface area contributed by atoms with E-state index in [1.165, 1.54) is 10.4 Å². The summed E-state index contributed by atoms with van der Waals surface area (Å²) in [7, 11) is -3.61. The summed E-state index contributed by atoms with van der Waals surface area (Å²) in [6.45, 7) is 6.21. The van der Waals surface area contributed by atoms with E-state index in [9.17, 15) is 22.0 Å². The number of nitrogens with zero attached hydrogens (tertiary/aromatic N) is 1. The highest BCUT2D eigenvalue weighted by Gasteiger charge is 2.32. The maximum absolute atomic E-state index is 13.9. The lowest BCUT2D eigenvalue weighted by Crippen LogP contribution is -2.43. The number of rotatable bonds is 6. The van der Waals surface area contributed by atoms with E-state index >= 15 is 0 Å². The highest BCUT2D eigenvalue weighted by atomic mass is 32.2. The third-order valence-corrected chi connectivity index (χ3v) is 7.71. The minimum absolute atomic E-state index is 0.208. The van der Waals surface area contributed by atoms with Crippen molar-refractivity contribution in [2.45, 2.75) is 50.5 Å². The van der Waals surface area contributed by atoms with Gasteiger partial charge < -0.3 is 5.32 Å². The van der Waals surface area contributed by atoms with E-state index in [4.69, 9.17) is 0 Å². The molecule has 1 fully saturated rings. The normalized spacial score (nSPS) is 17.0. The van der Waals surface area contributed by atoms with Crippen LogP contribution in [0.1, 0.15) is 56.7 Å². The molecule has 5 nitrogen and oxygen atoms in total. The lowest BCUT2D eigenvalue weighted by molar-refractivity contribution is -0.126. The quantitative estimate of drug-likeness (QED) is 0.711. The fraction of sp³-hybridized carbons (Fsp3) is 0.435. The van der Waals surface area contributed by atoms with Gasteiger partial charge in [0.25, 0.3) is 0 Å². The van der Waals surface area contributed by atoms with Gasteiger partial charge in [-0.05, 0) is 49.4 Å². The summed E-state index contributed by atoms with van der Waals surface area (Å²) in [5, 5.41) is 2.76. The van der Waals surface area contributed by atoms with E-state index in [2.05, 4.69) is 5.32 Å². The Hall–Kier alpha value is -2.32. The SMILES string of the molecule is CC(C)c1ccc(S(=O)(=O)N2CCC(C(=O)NC(C)c3ccc(F)cc3F)CC2)cc1. The molecule has 2 aromatic carbocycles. The van der Waals surface area contributed by atoms with E-state index in [1.807, 2.05) is 26.0 Å². The first-order valence-corrected chi connectivity index (χ1v) is 11.9. The zero-order chi connectivity index (χ0) is 22.8. The van der Waals surface area contributed by atoms with Gasteiger partial charge in [-0.1, -0.05) is 32.0 Å². The van der Waals surface area contributed by atoms with E-state index < -0.39 is 27.7 Å². The second kappa shape index (κ2) is 9.44. The molecule has 0 aliphatic carbocycles. The number of carbonyl (C=O) groups excluding carboxylic acids is 1. The van der Waals surface area contributed by atoms with Gasteiger partial charge in [0, 0.05) is 30.6 Å². The Morgan fingerprint density at radius 1 is 1.03 bits per heavy atom. The molecular weight excluding hydrogens is 422 g/mol. The number of carbonyl (C=O) groups is 1. The van der Waals surface area contributed by atoms with Crippen molar-refractivity contribution in [2.75, 3.05) is 13.1 Å². The van der Waals surface area contributed by atoms with Gasteiger partial charge in [-0.2, -0.15) is 4.31 Å². The average molecular weight is 451 g/mol. The van der Waals surface area contributed by atoms with E-state index in [1.54, 1.807) is 19.1 Å². The third-order valence-electron chi connectivity index (χ3n) is 5.80. The van der Waals surface area contributed by atoms with Crippen molar-refractivity contribution < 1.29 is 22.0 Å². The zero-order valence-corrected chi connectivity index (χ0v) is 18.8. The molecule has 31 heavy (non-hydrogen) atoms. The molecule has 2 aromatic rings. The standard InChI is InChI=1S/C23H28F2N2O3S/c1-15(2)17-4-7-20(8-5-17)31(29,30)27-12-10-18(11-13-27)23(28)26-16(3)21-9-6-19(24)14-22(21)25/h4-9,14-16,18H,10-13H2,1-3H3,(H,26,28). The lowest BCUT2D eigenvalue weighted by atomic mass is 9.96. The Morgan fingerprint density at radius 3 is 2.19 bits per heavy atom. The van der Waals surface area contributed by atoms with Crippen LogP contribution >= 0.6 is 0 Å². The van der Waals surface area contributed by atoms with Gasteiger partial charge in [-0.25, -0.2) is 17.2 Å². The smallest absolute Gasteiger partial charge is 0.243 e. The predicted molar refractivity (Wildman–Crippen MR) is 115 cm³/mol. The fourth-order valence-corrected chi connectivity index (χ4v) is 5.26. The van der Waals surface area contributed by atoms with E-state index in [-0.39, 0.29) is 35.4 Å². The first-order valence-electron chi connectivity index (χ1n) is 10.4. The van der Waals surface area contributed by atoms with Crippen LogP contribution in [0.3, 0.4) is 0 Å². The van der Waals surface area contributed by atoms with Gasteiger partial charge >= 0.3 is 0 Å². The topological polar surface area (TPSA) is 66.5 Å². The Labute approximate surface area is 182 Å². The number of sulfonamides is 1. The van der Waals surface area contributed by atoms with Crippen molar-refractivity contribution in [2.24, 2.45) is 5.92 Å². The summed E-state index contributed by atoms with van der Waals surface area (Å²) in [5.41, 5.74) is 1.28. The first kappa shape index (κ1) is 23.3. The van der Waals surface area contributed by atoms with Gasteiger partial charge in [0.05, 0.1) is 10.9 Å². The van der Waals surface area contributed by atoms with Crippen molar-refractivity contribution >= 4 is 15.9 Å². The molecule has 1 N–H and O–H groups in total. The second-order valence-corrected chi connectivity index (χ2v) is 10.2. The summed E-state index contributed by atoms with van der Waals surface area (Å²) in [6.07, 6.45) is 0.765. The minimum atomic E-state index is -3.61. The second-order valence-electron chi connectivity index (χ2n) is 8.30. The Bertz CT molecular complexity index is 1030. The van der Waals surface area contributed by atoms with Gasteiger partial charge in [0.2, 0.25) is 15.9 Å². The molecule has 0 bridgehead atoms. The molecule has 0 aromatic heterocycles.